The van der Waals surface area contributed by atoms with Crippen LogP contribution in [0.15, 0.2) is 4.99 Å². The van der Waals surface area contributed by atoms with Crippen LogP contribution in [0.25, 0.3) is 0 Å². The third kappa shape index (κ3) is 5.06. The number of guanidine groups is 1. The van der Waals surface area contributed by atoms with E-state index in [-0.39, 0.29) is 0 Å². The van der Waals surface area contributed by atoms with Crippen molar-refractivity contribution in [1.29, 1.82) is 0 Å². The summed E-state index contributed by atoms with van der Waals surface area (Å²) >= 11 is 2.11. The van der Waals surface area contributed by atoms with Crippen molar-refractivity contribution in [2.75, 3.05) is 46.0 Å². The Morgan fingerprint density at radius 1 is 1.38 bits per heavy atom. The summed E-state index contributed by atoms with van der Waals surface area (Å²) in [5, 5.41) is 4.26. The van der Waals surface area contributed by atoms with Gasteiger partial charge in [-0.2, -0.15) is 11.8 Å². The molecule has 4 nitrogen and oxygen atoms in total. The third-order valence-corrected chi connectivity index (χ3v) is 5.86. The average Bonchev–Trinajstić information content (AvgIpc) is 3.31. The molecule has 122 valence electrons. The van der Waals surface area contributed by atoms with E-state index in [0.29, 0.717) is 6.04 Å². The molecule has 1 saturated heterocycles. The number of nitrogens with one attached hydrogen (secondary N) is 1. The molecule has 21 heavy (non-hydrogen) atoms. The van der Waals surface area contributed by atoms with Crippen LogP contribution in [-0.2, 0) is 0 Å². The molecule has 0 aromatic heterocycles. The second-order valence-corrected chi connectivity index (χ2v) is 7.82. The molecule has 1 aliphatic heterocycles. The van der Waals surface area contributed by atoms with Gasteiger partial charge in [0.25, 0.3) is 0 Å². The highest BCUT2D eigenvalue weighted by Crippen LogP contribution is 2.34. The molecule has 1 heterocycles. The molecule has 1 saturated carbocycles. The molecule has 0 aromatic carbocycles. The normalized spacial score (nSPS) is 25.3. The predicted molar refractivity (Wildman–Crippen MR) is 94.3 cm³/mol. The monoisotopic (exact) mass is 312 g/mol. The van der Waals surface area contributed by atoms with Crippen molar-refractivity contribution in [3.63, 3.8) is 0 Å². The van der Waals surface area contributed by atoms with Crippen LogP contribution in [-0.4, -0.2) is 73.1 Å². The fourth-order valence-electron chi connectivity index (χ4n) is 2.98. The summed E-state index contributed by atoms with van der Waals surface area (Å²) < 4.78 is 0. The Hall–Kier alpha value is -0.420. The van der Waals surface area contributed by atoms with E-state index in [1.54, 1.807) is 0 Å². The third-order valence-electron chi connectivity index (χ3n) is 4.49. The average molecular weight is 313 g/mol. The van der Waals surface area contributed by atoms with Crippen molar-refractivity contribution in [2.24, 2.45) is 10.9 Å². The first-order chi connectivity index (χ1) is 10.2. The van der Waals surface area contributed by atoms with Crippen LogP contribution in [0.3, 0.4) is 0 Å². The second-order valence-electron chi connectivity index (χ2n) is 6.41. The minimum absolute atomic E-state index is 0.611. The molecule has 2 aliphatic rings. The number of hydrogen-bond acceptors (Lipinski definition) is 3. The first kappa shape index (κ1) is 16.9. The standard InChI is InChI=1S/C16H32N4S/c1-5-14-12-20(9-10-21-14)16(17-6-2)18-11-15(19(3)4)13-7-8-13/h13-15H,5-12H2,1-4H3,(H,17,18). The van der Waals surface area contributed by atoms with Crippen LogP contribution in [0, 0.1) is 5.92 Å². The molecule has 2 unspecified atom stereocenters. The Kier molecular flexibility index (Phi) is 6.68. The van der Waals surface area contributed by atoms with Gasteiger partial charge in [0.15, 0.2) is 5.96 Å². The Bertz CT molecular complexity index is 339. The number of nitrogens with zero attached hydrogens (tertiary/aromatic N) is 3. The van der Waals surface area contributed by atoms with E-state index in [0.717, 1.165) is 43.3 Å². The van der Waals surface area contributed by atoms with Gasteiger partial charge in [-0.25, -0.2) is 0 Å². The molecule has 0 amide bonds. The van der Waals surface area contributed by atoms with E-state index >= 15 is 0 Å². The van der Waals surface area contributed by atoms with Gasteiger partial charge in [0.1, 0.15) is 0 Å². The summed E-state index contributed by atoms with van der Waals surface area (Å²) in [4.78, 5) is 9.79. The zero-order chi connectivity index (χ0) is 15.2. The number of hydrogen-bond donors (Lipinski definition) is 1. The molecule has 0 spiro atoms. The van der Waals surface area contributed by atoms with E-state index in [4.69, 9.17) is 4.99 Å². The maximum Gasteiger partial charge on any atom is 0.194 e. The zero-order valence-electron chi connectivity index (χ0n) is 14.1. The minimum atomic E-state index is 0.611. The van der Waals surface area contributed by atoms with Gasteiger partial charge in [0.2, 0.25) is 0 Å². The summed E-state index contributed by atoms with van der Waals surface area (Å²) in [7, 11) is 4.38. The SMILES string of the molecule is CCNC(=NCC(C1CC1)N(C)C)N1CCSC(CC)C1. The summed E-state index contributed by atoms with van der Waals surface area (Å²) in [6.07, 6.45) is 4.02. The quantitative estimate of drug-likeness (QED) is 0.601. The van der Waals surface area contributed by atoms with Crippen molar-refractivity contribution in [2.45, 2.75) is 44.4 Å². The lowest BCUT2D eigenvalue weighted by Crippen LogP contribution is -2.48. The minimum Gasteiger partial charge on any atom is -0.357 e. The summed E-state index contributed by atoms with van der Waals surface area (Å²) in [6, 6.07) is 0.611. The van der Waals surface area contributed by atoms with Gasteiger partial charge < -0.3 is 15.1 Å². The van der Waals surface area contributed by atoms with Crippen molar-refractivity contribution < 1.29 is 0 Å². The second kappa shape index (κ2) is 8.28. The Balaban J connectivity index is 1.97. The van der Waals surface area contributed by atoms with E-state index < -0.39 is 0 Å². The Morgan fingerprint density at radius 2 is 2.14 bits per heavy atom. The van der Waals surface area contributed by atoms with Crippen LogP contribution >= 0.6 is 11.8 Å². The van der Waals surface area contributed by atoms with Gasteiger partial charge in [-0.05, 0) is 46.2 Å². The molecule has 5 heteroatoms. The van der Waals surface area contributed by atoms with Crippen molar-refractivity contribution in [3.05, 3.63) is 0 Å². The molecule has 1 N–H and O–H groups in total. The van der Waals surface area contributed by atoms with Gasteiger partial charge in [-0.15, -0.1) is 0 Å². The lowest BCUT2D eigenvalue weighted by atomic mass is 10.2. The zero-order valence-corrected chi connectivity index (χ0v) is 15.0. The van der Waals surface area contributed by atoms with E-state index in [2.05, 4.69) is 54.8 Å². The van der Waals surface area contributed by atoms with Crippen LogP contribution < -0.4 is 5.32 Å². The van der Waals surface area contributed by atoms with Gasteiger partial charge in [0, 0.05) is 36.7 Å². The highest BCUT2D eigenvalue weighted by molar-refractivity contribution is 8.00. The summed E-state index contributed by atoms with van der Waals surface area (Å²) in [6.45, 7) is 8.61. The maximum absolute atomic E-state index is 4.97. The Labute approximate surface area is 134 Å². The van der Waals surface area contributed by atoms with Crippen molar-refractivity contribution in [3.8, 4) is 0 Å². The largest absolute Gasteiger partial charge is 0.357 e. The van der Waals surface area contributed by atoms with Gasteiger partial charge in [0.05, 0.1) is 6.54 Å². The van der Waals surface area contributed by atoms with Crippen LogP contribution in [0.2, 0.25) is 0 Å². The molecular weight excluding hydrogens is 280 g/mol. The highest BCUT2D eigenvalue weighted by atomic mass is 32.2. The number of rotatable bonds is 6. The van der Waals surface area contributed by atoms with E-state index in [1.807, 2.05) is 0 Å². The van der Waals surface area contributed by atoms with Gasteiger partial charge in [-0.3, -0.25) is 4.99 Å². The molecular formula is C16H32N4S. The lowest BCUT2D eigenvalue weighted by molar-refractivity contribution is 0.270. The first-order valence-corrected chi connectivity index (χ1v) is 9.51. The molecule has 0 radical (unpaired) electrons. The molecule has 2 atom stereocenters. The summed E-state index contributed by atoms with van der Waals surface area (Å²) in [5.74, 6) is 3.22. The van der Waals surface area contributed by atoms with Crippen LogP contribution in [0.5, 0.6) is 0 Å². The number of likely N-dealkylation sites (N-methyl/N-ethyl adjacent to an activating group) is 1. The van der Waals surface area contributed by atoms with E-state index in [1.165, 1.54) is 25.0 Å². The van der Waals surface area contributed by atoms with Crippen molar-refractivity contribution in [1.82, 2.24) is 15.1 Å². The van der Waals surface area contributed by atoms with E-state index in [9.17, 15) is 0 Å². The fraction of sp³-hybridized carbons (Fsp3) is 0.938. The van der Waals surface area contributed by atoms with Crippen LogP contribution in [0.4, 0.5) is 0 Å². The fourth-order valence-corrected chi connectivity index (χ4v) is 4.16. The number of thioether (sulfide) groups is 1. The molecule has 0 aromatic rings. The molecule has 0 bridgehead atoms. The molecule has 1 aliphatic carbocycles. The van der Waals surface area contributed by atoms with Crippen LogP contribution in [0.1, 0.15) is 33.1 Å². The molecule has 2 fully saturated rings. The number of aliphatic imine (C=N–C) groups is 1. The topological polar surface area (TPSA) is 30.9 Å². The highest BCUT2D eigenvalue weighted by Gasteiger charge is 2.32. The smallest absolute Gasteiger partial charge is 0.194 e. The lowest BCUT2D eigenvalue weighted by Gasteiger charge is -2.34. The van der Waals surface area contributed by atoms with Gasteiger partial charge in [-0.1, -0.05) is 6.92 Å². The first-order valence-electron chi connectivity index (χ1n) is 8.47. The summed E-state index contributed by atoms with van der Waals surface area (Å²) in [5.41, 5.74) is 0. The van der Waals surface area contributed by atoms with Crippen molar-refractivity contribution >= 4 is 17.7 Å². The van der Waals surface area contributed by atoms with Gasteiger partial charge >= 0.3 is 0 Å². The Morgan fingerprint density at radius 3 is 2.71 bits per heavy atom. The predicted octanol–water partition coefficient (Wildman–Crippen LogP) is 2.12. The molecule has 2 rings (SSSR count). The maximum atomic E-state index is 4.97.